The van der Waals surface area contributed by atoms with Gasteiger partial charge in [-0.15, -0.1) is 0 Å². The summed E-state index contributed by atoms with van der Waals surface area (Å²) in [6.07, 6.45) is 5.35. The van der Waals surface area contributed by atoms with E-state index in [4.69, 9.17) is 0 Å². The minimum atomic E-state index is -0.181. The van der Waals surface area contributed by atoms with Crippen molar-refractivity contribution in [2.45, 2.75) is 50.7 Å². The monoisotopic (exact) mass is 270 g/mol. The zero-order chi connectivity index (χ0) is 10.4. The lowest BCUT2D eigenvalue weighted by Crippen LogP contribution is -2.25. The third-order valence-electron chi connectivity index (χ3n) is 3.64. The molecule has 0 spiro atoms. The molecule has 1 aromatic rings. The lowest BCUT2D eigenvalue weighted by molar-refractivity contribution is 0.141. The molecule has 0 amide bonds. The zero-order valence-corrected chi connectivity index (χ0v) is 10.2. The average Bonchev–Trinajstić information content (AvgIpc) is 2.41. The minimum Gasteiger partial charge on any atom is -0.393 e. The van der Waals surface area contributed by atoms with Gasteiger partial charge in [-0.2, -0.15) is 0 Å². The molecule has 1 atom stereocenters. The topological polar surface area (TPSA) is 38.0 Å². The van der Waals surface area contributed by atoms with Crippen LogP contribution in [0.3, 0.4) is 0 Å². The maximum absolute atomic E-state index is 9.64. The highest BCUT2D eigenvalue weighted by Crippen LogP contribution is 2.38. The van der Waals surface area contributed by atoms with Gasteiger partial charge >= 0.3 is 0 Å². The molecule has 0 aromatic carbocycles. The van der Waals surface area contributed by atoms with Crippen LogP contribution in [0.15, 0.2) is 4.60 Å². The number of aromatic nitrogens is 2. The van der Waals surface area contributed by atoms with E-state index in [0.717, 1.165) is 24.0 Å². The maximum atomic E-state index is 9.64. The van der Waals surface area contributed by atoms with Crippen LogP contribution in [-0.2, 0) is 13.0 Å². The summed E-state index contributed by atoms with van der Waals surface area (Å²) in [5, 5.41) is 9.64. The molecule has 0 radical (unpaired) electrons. The van der Waals surface area contributed by atoms with Crippen molar-refractivity contribution in [1.29, 1.82) is 0 Å². The Labute approximate surface area is 97.6 Å². The van der Waals surface area contributed by atoms with Gasteiger partial charge in [0.2, 0.25) is 0 Å². The van der Waals surface area contributed by atoms with E-state index in [0.29, 0.717) is 5.92 Å². The van der Waals surface area contributed by atoms with Gasteiger partial charge in [-0.05, 0) is 35.2 Å². The van der Waals surface area contributed by atoms with Crippen LogP contribution in [0, 0.1) is 0 Å². The second-order valence-corrected chi connectivity index (χ2v) is 5.38. The molecule has 0 bridgehead atoms. The molecule has 1 aliphatic carbocycles. The first-order chi connectivity index (χ1) is 7.25. The van der Waals surface area contributed by atoms with Crippen LogP contribution in [0.5, 0.6) is 0 Å². The molecule has 1 aromatic heterocycles. The summed E-state index contributed by atoms with van der Waals surface area (Å²) in [6, 6.07) is 0. The van der Waals surface area contributed by atoms with Crippen LogP contribution in [0.2, 0.25) is 0 Å². The number of hydrogen-bond donors (Lipinski definition) is 1. The molecular weight excluding hydrogens is 256 g/mol. The van der Waals surface area contributed by atoms with Crippen LogP contribution >= 0.6 is 15.9 Å². The van der Waals surface area contributed by atoms with Crippen molar-refractivity contribution in [3.63, 3.8) is 0 Å². The van der Waals surface area contributed by atoms with Gasteiger partial charge in [0.15, 0.2) is 0 Å². The van der Waals surface area contributed by atoms with E-state index in [-0.39, 0.29) is 6.10 Å². The van der Waals surface area contributed by atoms with Gasteiger partial charge in [0.1, 0.15) is 10.4 Å². The molecular formula is C11H15BrN2O. The van der Waals surface area contributed by atoms with Crippen LogP contribution in [0.1, 0.15) is 43.1 Å². The van der Waals surface area contributed by atoms with Crippen molar-refractivity contribution in [1.82, 2.24) is 9.55 Å². The molecule has 1 N–H and O–H groups in total. The van der Waals surface area contributed by atoms with Gasteiger partial charge in [-0.3, -0.25) is 0 Å². The summed E-state index contributed by atoms with van der Waals surface area (Å²) in [6.45, 7) is 0.931. The smallest absolute Gasteiger partial charge is 0.127 e. The first kappa shape index (κ1) is 9.85. The van der Waals surface area contributed by atoms with Gasteiger partial charge < -0.3 is 9.67 Å². The largest absolute Gasteiger partial charge is 0.393 e. The van der Waals surface area contributed by atoms with Crippen molar-refractivity contribution in [3.05, 3.63) is 16.1 Å². The highest BCUT2D eigenvalue weighted by molar-refractivity contribution is 9.10. The van der Waals surface area contributed by atoms with E-state index in [1.54, 1.807) is 0 Å². The standard InChI is InChI=1S/C11H15BrN2O/c12-10-9-6-8(15)4-5-14(9)11(13-10)7-2-1-3-7/h7-8,15H,1-6H2. The maximum Gasteiger partial charge on any atom is 0.127 e. The van der Waals surface area contributed by atoms with Gasteiger partial charge in [0, 0.05) is 18.9 Å². The zero-order valence-electron chi connectivity index (χ0n) is 8.62. The lowest BCUT2D eigenvalue weighted by Gasteiger charge is -2.28. The number of aliphatic hydroxyl groups is 1. The fourth-order valence-corrected chi connectivity index (χ4v) is 3.06. The van der Waals surface area contributed by atoms with Crippen molar-refractivity contribution >= 4 is 15.9 Å². The number of halogens is 1. The normalized spacial score (nSPS) is 26.1. The third kappa shape index (κ3) is 1.54. The van der Waals surface area contributed by atoms with Crippen molar-refractivity contribution in [2.75, 3.05) is 0 Å². The fourth-order valence-electron chi connectivity index (χ4n) is 2.50. The first-order valence-electron chi connectivity index (χ1n) is 5.68. The summed E-state index contributed by atoms with van der Waals surface area (Å²) < 4.78 is 3.27. The fraction of sp³-hybridized carbons (Fsp3) is 0.727. The highest BCUT2D eigenvalue weighted by Gasteiger charge is 2.29. The number of hydrogen-bond acceptors (Lipinski definition) is 2. The van der Waals surface area contributed by atoms with E-state index in [1.807, 2.05) is 0 Å². The molecule has 4 heteroatoms. The summed E-state index contributed by atoms with van der Waals surface area (Å²) in [7, 11) is 0. The molecule has 2 heterocycles. The summed E-state index contributed by atoms with van der Waals surface area (Å²) >= 11 is 3.51. The molecule has 3 nitrogen and oxygen atoms in total. The van der Waals surface area contributed by atoms with Crippen molar-refractivity contribution in [2.24, 2.45) is 0 Å². The van der Waals surface area contributed by atoms with E-state index in [2.05, 4.69) is 25.5 Å². The Morgan fingerprint density at radius 1 is 1.33 bits per heavy atom. The van der Waals surface area contributed by atoms with Crippen LogP contribution in [0.4, 0.5) is 0 Å². The highest BCUT2D eigenvalue weighted by atomic mass is 79.9. The van der Waals surface area contributed by atoms with Gasteiger partial charge in [0.05, 0.1) is 11.8 Å². The van der Waals surface area contributed by atoms with Crippen LogP contribution < -0.4 is 0 Å². The van der Waals surface area contributed by atoms with E-state index in [1.165, 1.54) is 30.8 Å². The van der Waals surface area contributed by atoms with Gasteiger partial charge in [-0.1, -0.05) is 6.42 Å². The Balaban J connectivity index is 1.99. The Morgan fingerprint density at radius 3 is 2.80 bits per heavy atom. The van der Waals surface area contributed by atoms with Gasteiger partial charge in [-0.25, -0.2) is 4.98 Å². The summed E-state index contributed by atoms with van der Waals surface area (Å²) in [5.41, 5.74) is 1.19. The van der Waals surface area contributed by atoms with E-state index >= 15 is 0 Å². The number of imidazole rings is 1. The molecule has 82 valence electrons. The molecule has 1 saturated carbocycles. The molecule has 0 saturated heterocycles. The molecule has 1 aliphatic heterocycles. The first-order valence-corrected chi connectivity index (χ1v) is 6.48. The SMILES string of the molecule is OC1CCn2c(C3CCC3)nc(Br)c2C1. The Morgan fingerprint density at radius 2 is 2.13 bits per heavy atom. The lowest BCUT2D eigenvalue weighted by atomic mass is 9.84. The molecule has 1 fully saturated rings. The van der Waals surface area contributed by atoms with E-state index < -0.39 is 0 Å². The number of fused-ring (bicyclic) bond motifs is 1. The van der Waals surface area contributed by atoms with Crippen LogP contribution in [0.25, 0.3) is 0 Å². The second kappa shape index (κ2) is 3.59. The minimum absolute atomic E-state index is 0.181. The Hall–Kier alpha value is -0.350. The number of rotatable bonds is 1. The predicted molar refractivity (Wildman–Crippen MR) is 60.8 cm³/mol. The quantitative estimate of drug-likeness (QED) is 0.850. The molecule has 2 aliphatic rings. The summed E-state index contributed by atoms with van der Waals surface area (Å²) in [5.74, 6) is 1.92. The second-order valence-electron chi connectivity index (χ2n) is 4.63. The summed E-state index contributed by atoms with van der Waals surface area (Å²) in [4.78, 5) is 4.62. The Bertz CT molecular complexity index is 384. The predicted octanol–water partition coefficient (Wildman–Crippen LogP) is 2.22. The van der Waals surface area contributed by atoms with Crippen LogP contribution in [-0.4, -0.2) is 20.8 Å². The van der Waals surface area contributed by atoms with E-state index in [9.17, 15) is 5.11 Å². The van der Waals surface area contributed by atoms with Gasteiger partial charge in [0.25, 0.3) is 0 Å². The third-order valence-corrected chi connectivity index (χ3v) is 4.27. The molecule has 3 rings (SSSR count). The number of nitrogens with zero attached hydrogens (tertiary/aromatic N) is 2. The molecule has 15 heavy (non-hydrogen) atoms. The van der Waals surface area contributed by atoms with Crippen molar-refractivity contribution in [3.8, 4) is 0 Å². The molecule has 1 unspecified atom stereocenters. The Kier molecular flexibility index (Phi) is 2.36. The number of aliphatic hydroxyl groups excluding tert-OH is 1. The van der Waals surface area contributed by atoms with Crippen molar-refractivity contribution < 1.29 is 5.11 Å². The average molecular weight is 271 g/mol.